The lowest BCUT2D eigenvalue weighted by atomic mass is 9.71. The highest BCUT2D eigenvalue weighted by Gasteiger charge is 2.47. The number of hydrogen-bond acceptors (Lipinski definition) is 3. The van der Waals surface area contributed by atoms with Gasteiger partial charge in [0.25, 0.3) is 0 Å². The van der Waals surface area contributed by atoms with Crippen LogP contribution in [0.2, 0.25) is 0 Å². The Hall–Kier alpha value is -1.64. The Kier molecular flexibility index (Phi) is 2.91. The van der Waals surface area contributed by atoms with E-state index in [9.17, 15) is 9.59 Å². The molecule has 0 unspecified atom stereocenters. The zero-order valence-corrected chi connectivity index (χ0v) is 12.2. The summed E-state index contributed by atoms with van der Waals surface area (Å²) in [4.78, 5) is 24.3. The van der Waals surface area contributed by atoms with E-state index >= 15 is 0 Å². The number of fused-ring (bicyclic) bond motifs is 1. The molecule has 2 saturated carbocycles. The van der Waals surface area contributed by atoms with Crippen LogP contribution in [0.15, 0.2) is 18.2 Å². The Morgan fingerprint density at radius 3 is 2.62 bits per heavy atom. The number of ketones is 2. The minimum absolute atomic E-state index is 0.238. The second-order valence-electron chi connectivity index (χ2n) is 6.90. The molecule has 1 aromatic carbocycles. The van der Waals surface area contributed by atoms with Crippen molar-refractivity contribution in [2.24, 2.45) is 11.3 Å². The molecular formula is C18H20O3. The van der Waals surface area contributed by atoms with Gasteiger partial charge in [0.15, 0.2) is 5.78 Å². The quantitative estimate of drug-likeness (QED) is 0.855. The fourth-order valence-corrected chi connectivity index (χ4v) is 3.65. The van der Waals surface area contributed by atoms with Crippen LogP contribution in [-0.4, -0.2) is 18.2 Å². The van der Waals surface area contributed by atoms with E-state index in [1.807, 2.05) is 18.2 Å². The Morgan fingerprint density at radius 2 is 1.90 bits per heavy atom. The summed E-state index contributed by atoms with van der Waals surface area (Å²) in [5, 5.41) is 0. The van der Waals surface area contributed by atoms with Gasteiger partial charge in [-0.2, -0.15) is 0 Å². The van der Waals surface area contributed by atoms with Gasteiger partial charge in [0.2, 0.25) is 0 Å². The Bertz CT molecular complexity index is 603. The SMILES string of the molecule is O=C1CCC2(CC1)Cc1ccc(OCC3CC3)cc1C2=O. The van der Waals surface area contributed by atoms with Crippen LogP contribution in [0.5, 0.6) is 5.75 Å². The predicted molar refractivity (Wildman–Crippen MR) is 78.6 cm³/mol. The summed E-state index contributed by atoms with van der Waals surface area (Å²) in [5.74, 6) is 2.07. The smallest absolute Gasteiger partial charge is 0.169 e. The highest BCUT2D eigenvalue weighted by Crippen LogP contribution is 2.47. The first-order valence-corrected chi connectivity index (χ1v) is 7.99. The number of rotatable bonds is 3. The van der Waals surface area contributed by atoms with E-state index in [1.54, 1.807) is 0 Å². The van der Waals surface area contributed by atoms with Gasteiger partial charge in [0.05, 0.1) is 6.61 Å². The van der Waals surface area contributed by atoms with E-state index in [0.29, 0.717) is 24.5 Å². The van der Waals surface area contributed by atoms with Crippen LogP contribution in [0.3, 0.4) is 0 Å². The fourth-order valence-electron chi connectivity index (χ4n) is 3.65. The van der Waals surface area contributed by atoms with Crippen molar-refractivity contribution in [1.29, 1.82) is 0 Å². The molecule has 0 bridgehead atoms. The van der Waals surface area contributed by atoms with Gasteiger partial charge >= 0.3 is 0 Å². The third-order valence-corrected chi connectivity index (χ3v) is 5.28. The van der Waals surface area contributed by atoms with E-state index in [2.05, 4.69) is 0 Å². The molecule has 4 rings (SSSR count). The molecule has 3 nitrogen and oxygen atoms in total. The largest absolute Gasteiger partial charge is 0.493 e. The van der Waals surface area contributed by atoms with E-state index in [4.69, 9.17) is 4.74 Å². The Labute approximate surface area is 124 Å². The zero-order chi connectivity index (χ0) is 14.4. The van der Waals surface area contributed by atoms with Crippen molar-refractivity contribution < 1.29 is 14.3 Å². The molecule has 0 saturated heterocycles. The van der Waals surface area contributed by atoms with Gasteiger partial charge in [0, 0.05) is 23.8 Å². The maximum absolute atomic E-state index is 12.8. The molecule has 110 valence electrons. The fraction of sp³-hybridized carbons (Fsp3) is 0.556. The predicted octanol–water partition coefficient (Wildman–Crippen LogP) is 3.34. The molecule has 1 aromatic rings. The van der Waals surface area contributed by atoms with E-state index < -0.39 is 0 Å². The van der Waals surface area contributed by atoms with Crippen molar-refractivity contribution >= 4 is 11.6 Å². The average Bonchev–Trinajstić information content (AvgIpc) is 3.28. The standard InChI is InChI=1S/C18H20O3/c19-14-5-7-18(8-6-14)10-13-3-4-15(9-16(13)17(18)20)21-11-12-1-2-12/h3-4,9,12H,1-2,5-8,10-11H2. The van der Waals surface area contributed by atoms with Crippen molar-refractivity contribution in [3.63, 3.8) is 0 Å². The lowest BCUT2D eigenvalue weighted by molar-refractivity contribution is -0.121. The molecule has 0 heterocycles. The first-order valence-electron chi connectivity index (χ1n) is 7.99. The molecule has 0 radical (unpaired) electrons. The summed E-state index contributed by atoms with van der Waals surface area (Å²) in [6.07, 6.45) is 5.89. The monoisotopic (exact) mass is 284 g/mol. The lowest BCUT2D eigenvalue weighted by Gasteiger charge is -2.30. The zero-order valence-electron chi connectivity index (χ0n) is 12.2. The number of benzene rings is 1. The molecule has 0 amide bonds. The lowest BCUT2D eigenvalue weighted by Crippen LogP contribution is -2.33. The van der Waals surface area contributed by atoms with Gasteiger partial charge < -0.3 is 4.74 Å². The molecule has 0 aromatic heterocycles. The van der Waals surface area contributed by atoms with Crippen LogP contribution < -0.4 is 4.74 Å². The van der Waals surface area contributed by atoms with Crippen LogP contribution in [0.4, 0.5) is 0 Å². The van der Waals surface area contributed by atoms with Crippen molar-refractivity contribution in [1.82, 2.24) is 0 Å². The summed E-state index contributed by atoms with van der Waals surface area (Å²) in [6.45, 7) is 0.770. The molecule has 3 heteroatoms. The van der Waals surface area contributed by atoms with Crippen LogP contribution >= 0.6 is 0 Å². The number of Topliss-reactive ketones (excluding diaryl/α,β-unsaturated/α-hetero) is 2. The second kappa shape index (κ2) is 4.69. The van der Waals surface area contributed by atoms with E-state index in [0.717, 1.165) is 42.7 Å². The number of carbonyl (C=O) groups excluding carboxylic acids is 2. The number of ether oxygens (including phenoxy) is 1. The first-order chi connectivity index (χ1) is 10.2. The molecule has 2 fully saturated rings. The molecular weight excluding hydrogens is 264 g/mol. The number of carbonyl (C=O) groups is 2. The van der Waals surface area contributed by atoms with Crippen LogP contribution in [0, 0.1) is 11.3 Å². The van der Waals surface area contributed by atoms with Gasteiger partial charge in [-0.15, -0.1) is 0 Å². The first kappa shape index (κ1) is 13.1. The molecule has 21 heavy (non-hydrogen) atoms. The summed E-state index contributed by atoms with van der Waals surface area (Å²) in [5.41, 5.74) is 1.66. The highest BCUT2D eigenvalue weighted by atomic mass is 16.5. The Morgan fingerprint density at radius 1 is 1.14 bits per heavy atom. The van der Waals surface area contributed by atoms with Gasteiger partial charge in [-0.25, -0.2) is 0 Å². The van der Waals surface area contributed by atoms with Gasteiger partial charge in [0.1, 0.15) is 11.5 Å². The maximum atomic E-state index is 12.8. The van der Waals surface area contributed by atoms with Crippen LogP contribution in [0.25, 0.3) is 0 Å². The number of hydrogen-bond donors (Lipinski definition) is 0. The normalized spacial score (nSPS) is 23.4. The van der Waals surface area contributed by atoms with Crippen LogP contribution in [0.1, 0.15) is 54.4 Å². The summed E-state index contributed by atoms with van der Waals surface area (Å²) in [6, 6.07) is 5.95. The van der Waals surface area contributed by atoms with Crippen molar-refractivity contribution in [2.45, 2.75) is 44.9 Å². The van der Waals surface area contributed by atoms with Gasteiger partial charge in [-0.1, -0.05) is 6.07 Å². The third kappa shape index (κ3) is 2.29. The van der Waals surface area contributed by atoms with Crippen molar-refractivity contribution in [3.8, 4) is 5.75 Å². The molecule has 1 spiro atoms. The second-order valence-corrected chi connectivity index (χ2v) is 6.90. The molecule has 0 N–H and O–H groups in total. The summed E-state index contributed by atoms with van der Waals surface area (Å²) in [7, 11) is 0. The third-order valence-electron chi connectivity index (χ3n) is 5.28. The minimum atomic E-state index is -0.300. The average molecular weight is 284 g/mol. The van der Waals surface area contributed by atoms with Gasteiger partial charge in [-0.05, 0) is 55.7 Å². The van der Waals surface area contributed by atoms with E-state index in [-0.39, 0.29) is 11.2 Å². The molecule has 3 aliphatic carbocycles. The van der Waals surface area contributed by atoms with E-state index in [1.165, 1.54) is 12.8 Å². The summed E-state index contributed by atoms with van der Waals surface area (Å²) >= 11 is 0. The van der Waals surface area contributed by atoms with Crippen molar-refractivity contribution in [3.05, 3.63) is 29.3 Å². The van der Waals surface area contributed by atoms with Gasteiger partial charge in [-0.3, -0.25) is 9.59 Å². The minimum Gasteiger partial charge on any atom is -0.493 e. The van der Waals surface area contributed by atoms with Crippen LogP contribution in [-0.2, 0) is 11.2 Å². The molecule has 0 atom stereocenters. The topological polar surface area (TPSA) is 43.4 Å². The highest BCUT2D eigenvalue weighted by molar-refractivity contribution is 6.06. The summed E-state index contributed by atoms with van der Waals surface area (Å²) < 4.78 is 5.79. The maximum Gasteiger partial charge on any atom is 0.169 e. The molecule has 3 aliphatic rings. The Balaban J connectivity index is 1.55. The van der Waals surface area contributed by atoms with Crippen molar-refractivity contribution in [2.75, 3.05) is 6.61 Å². The molecule has 0 aliphatic heterocycles.